The Hall–Kier alpha value is -1.64. The van der Waals surface area contributed by atoms with Crippen LogP contribution in [0.15, 0.2) is 42.5 Å². The summed E-state index contributed by atoms with van der Waals surface area (Å²) in [6.07, 6.45) is 0. The lowest BCUT2D eigenvalue weighted by molar-refractivity contribution is 0.400. The topological polar surface area (TPSA) is 15.3 Å². The quantitative estimate of drug-likeness (QED) is 0.870. The number of hydrogen-bond donors (Lipinski definition) is 1. The first-order valence-electron chi connectivity index (χ1n) is 7.55. The summed E-state index contributed by atoms with van der Waals surface area (Å²) in [6.45, 7) is 7.19. The number of nitrogens with one attached hydrogen (secondary N) is 1. The van der Waals surface area contributed by atoms with Gasteiger partial charge >= 0.3 is 0 Å². The summed E-state index contributed by atoms with van der Waals surface area (Å²) in [4.78, 5) is 2.21. The van der Waals surface area contributed by atoms with Crippen LogP contribution in [0.4, 0.5) is 0 Å². The van der Waals surface area contributed by atoms with Crippen LogP contribution in [0, 0.1) is 13.8 Å². The Bertz CT molecular complexity index is 588. The molecule has 0 radical (unpaired) electrons. The lowest BCUT2D eigenvalue weighted by Crippen LogP contribution is -2.17. The van der Waals surface area contributed by atoms with Gasteiger partial charge in [-0.15, -0.1) is 0 Å². The minimum atomic E-state index is 0.914. The number of aryl methyl sites for hydroxylation is 1. The van der Waals surface area contributed by atoms with E-state index in [1.54, 1.807) is 0 Å². The summed E-state index contributed by atoms with van der Waals surface area (Å²) in [7, 11) is 4.22. The van der Waals surface area contributed by atoms with E-state index in [9.17, 15) is 0 Å². The maximum atomic E-state index is 3.58. The molecular weight excluding hydrogens is 256 g/mol. The van der Waals surface area contributed by atoms with Crippen LogP contribution >= 0.6 is 0 Å². The third-order valence-electron chi connectivity index (χ3n) is 3.95. The van der Waals surface area contributed by atoms with Gasteiger partial charge in [-0.2, -0.15) is 0 Å². The van der Waals surface area contributed by atoms with Crippen LogP contribution in [0.2, 0.25) is 0 Å². The SMILES string of the molecule is Cc1cccc(CNCc2ccccc2CN(C)C)c1C. The summed E-state index contributed by atoms with van der Waals surface area (Å²) in [5.41, 5.74) is 6.93. The summed E-state index contributed by atoms with van der Waals surface area (Å²) in [6, 6.07) is 15.2. The zero-order valence-electron chi connectivity index (χ0n) is 13.6. The van der Waals surface area contributed by atoms with Crippen LogP contribution in [0.1, 0.15) is 27.8 Å². The molecule has 0 aromatic heterocycles. The van der Waals surface area contributed by atoms with Crippen LogP contribution in [-0.4, -0.2) is 19.0 Å². The molecule has 2 aromatic rings. The van der Waals surface area contributed by atoms with Gasteiger partial charge in [0.15, 0.2) is 0 Å². The second kappa shape index (κ2) is 7.39. The zero-order valence-corrected chi connectivity index (χ0v) is 13.6. The van der Waals surface area contributed by atoms with Gasteiger partial charge in [0.1, 0.15) is 0 Å². The Balaban J connectivity index is 1.99. The molecule has 0 unspecified atom stereocenters. The first-order chi connectivity index (χ1) is 10.1. The molecule has 21 heavy (non-hydrogen) atoms. The van der Waals surface area contributed by atoms with Gasteiger partial charge in [0, 0.05) is 19.6 Å². The van der Waals surface area contributed by atoms with Gasteiger partial charge in [0.25, 0.3) is 0 Å². The fourth-order valence-electron chi connectivity index (χ4n) is 2.56. The monoisotopic (exact) mass is 282 g/mol. The van der Waals surface area contributed by atoms with Crippen molar-refractivity contribution in [2.24, 2.45) is 0 Å². The molecule has 0 saturated carbocycles. The van der Waals surface area contributed by atoms with Crippen molar-refractivity contribution in [2.45, 2.75) is 33.5 Å². The molecule has 2 aromatic carbocycles. The molecule has 0 fully saturated rings. The Morgan fingerprint density at radius 1 is 0.810 bits per heavy atom. The normalized spacial score (nSPS) is 11.1. The van der Waals surface area contributed by atoms with E-state index < -0.39 is 0 Å². The standard InChI is InChI=1S/C19H26N2/c1-15-8-7-11-17(16(15)2)12-20-13-18-9-5-6-10-19(18)14-21(3)4/h5-11,20H,12-14H2,1-4H3. The Labute approximate surface area is 128 Å². The van der Waals surface area contributed by atoms with Crippen LogP contribution < -0.4 is 5.32 Å². The fraction of sp³-hybridized carbons (Fsp3) is 0.368. The number of hydrogen-bond acceptors (Lipinski definition) is 2. The number of benzene rings is 2. The van der Waals surface area contributed by atoms with Crippen molar-refractivity contribution < 1.29 is 0 Å². The lowest BCUT2D eigenvalue weighted by Gasteiger charge is -2.15. The molecule has 0 atom stereocenters. The Morgan fingerprint density at radius 2 is 1.43 bits per heavy atom. The minimum Gasteiger partial charge on any atom is -0.309 e. The van der Waals surface area contributed by atoms with Gasteiger partial charge in [-0.05, 0) is 55.8 Å². The molecule has 0 bridgehead atoms. The van der Waals surface area contributed by atoms with Crippen molar-refractivity contribution in [3.05, 3.63) is 70.3 Å². The third kappa shape index (κ3) is 4.42. The predicted octanol–water partition coefficient (Wildman–Crippen LogP) is 3.65. The van der Waals surface area contributed by atoms with Crippen molar-refractivity contribution in [3.8, 4) is 0 Å². The molecule has 0 amide bonds. The van der Waals surface area contributed by atoms with Crippen LogP contribution in [0.3, 0.4) is 0 Å². The van der Waals surface area contributed by atoms with Gasteiger partial charge < -0.3 is 10.2 Å². The molecule has 0 aliphatic carbocycles. The van der Waals surface area contributed by atoms with E-state index in [1.807, 2.05) is 0 Å². The number of nitrogens with zero attached hydrogens (tertiary/aromatic N) is 1. The molecule has 0 heterocycles. The first-order valence-corrected chi connectivity index (χ1v) is 7.55. The molecule has 0 aliphatic heterocycles. The van der Waals surface area contributed by atoms with Crippen molar-refractivity contribution in [1.82, 2.24) is 10.2 Å². The van der Waals surface area contributed by atoms with E-state index in [1.165, 1.54) is 27.8 Å². The van der Waals surface area contributed by atoms with Crippen LogP contribution in [-0.2, 0) is 19.6 Å². The zero-order chi connectivity index (χ0) is 15.2. The molecule has 2 heteroatoms. The van der Waals surface area contributed by atoms with Crippen LogP contribution in [0.5, 0.6) is 0 Å². The van der Waals surface area contributed by atoms with Gasteiger partial charge in [-0.25, -0.2) is 0 Å². The maximum absolute atomic E-state index is 3.58. The highest BCUT2D eigenvalue weighted by atomic mass is 15.0. The lowest BCUT2D eigenvalue weighted by atomic mass is 10.0. The molecule has 1 N–H and O–H groups in total. The van der Waals surface area contributed by atoms with E-state index in [0.717, 1.165) is 19.6 Å². The fourth-order valence-corrected chi connectivity index (χ4v) is 2.56. The van der Waals surface area contributed by atoms with E-state index in [-0.39, 0.29) is 0 Å². The van der Waals surface area contributed by atoms with Crippen molar-refractivity contribution in [3.63, 3.8) is 0 Å². The highest BCUT2D eigenvalue weighted by Crippen LogP contribution is 2.14. The van der Waals surface area contributed by atoms with E-state index in [2.05, 4.69) is 80.6 Å². The van der Waals surface area contributed by atoms with Gasteiger partial charge in [0.05, 0.1) is 0 Å². The molecule has 0 spiro atoms. The molecule has 2 nitrogen and oxygen atoms in total. The van der Waals surface area contributed by atoms with Gasteiger partial charge in [-0.1, -0.05) is 42.5 Å². The molecular formula is C19H26N2. The average molecular weight is 282 g/mol. The van der Waals surface area contributed by atoms with E-state index in [0.29, 0.717) is 0 Å². The summed E-state index contributed by atoms with van der Waals surface area (Å²) >= 11 is 0. The minimum absolute atomic E-state index is 0.914. The number of rotatable bonds is 6. The average Bonchev–Trinajstić information content (AvgIpc) is 2.45. The van der Waals surface area contributed by atoms with Crippen molar-refractivity contribution >= 4 is 0 Å². The van der Waals surface area contributed by atoms with Gasteiger partial charge in [-0.3, -0.25) is 0 Å². The maximum Gasteiger partial charge on any atom is 0.0230 e. The third-order valence-corrected chi connectivity index (χ3v) is 3.95. The summed E-state index contributed by atoms with van der Waals surface area (Å²) in [5.74, 6) is 0. The van der Waals surface area contributed by atoms with Crippen molar-refractivity contribution in [1.29, 1.82) is 0 Å². The second-order valence-electron chi connectivity index (χ2n) is 5.97. The van der Waals surface area contributed by atoms with E-state index in [4.69, 9.17) is 0 Å². The van der Waals surface area contributed by atoms with Crippen molar-refractivity contribution in [2.75, 3.05) is 14.1 Å². The van der Waals surface area contributed by atoms with Gasteiger partial charge in [0.2, 0.25) is 0 Å². The molecule has 112 valence electrons. The molecule has 0 aliphatic rings. The largest absolute Gasteiger partial charge is 0.309 e. The molecule has 0 saturated heterocycles. The Kier molecular flexibility index (Phi) is 5.54. The second-order valence-corrected chi connectivity index (χ2v) is 5.97. The van der Waals surface area contributed by atoms with Crippen LogP contribution in [0.25, 0.3) is 0 Å². The highest BCUT2D eigenvalue weighted by molar-refractivity contribution is 5.33. The molecule has 2 rings (SSSR count). The first kappa shape index (κ1) is 15.7. The smallest absolute Gasteiger partial charge is 0.0230 e. The summed E-state index contributed by atoms with van der Waals surface area (Å²) < 4.78 is 0. The summed E-state index contributed by atoms with van der Waals surface area (Å²) in [5, 5.41) is 3.58. The Morgan fingerprint density at radius 3 is 2.14 bits per heavy atom. The predicted molar refractivity (Wildman–Crippen MR) is 90.3 cm³/mol. The highest BCUT2D eigenvalue weighted by Gasteiger charge is 2.04. The van der Waals surface area contributed by atoms with E-state index >= 15 is 0 Å².